The van der Waals surface area contributed by atoms with E-state index in [1.165, 1.54) is 18.7 Å². The van der Waals surface area contributed by atoms with Gasteiger partial charge in [0, 0.05) is 36.3 Å². The Bertz CT molecular complexity index is 1280. The molecule has 4 aromatic rings. The molecule has 5 rings (SSSR count). The molecule has 1 atom stereocenters. The fraction of sp³-hybridized carbons (Fsp3) is 0.217. The highest BCUT2D eigenvalue weighted by Gasteiger charge is 2.37. The number of alkyl halides is 3. The number of nitrogens with zero attached hydrogens (tertiary/aromatic N) is 3. The number of fused-ring (bicyclic) bond motifs is 1. The third-order valence-electron chi connectivity index (χ3n) is 5.77. The molecule has 1 aliphatic heterocycles. The minimum absolute atomic E-state index is 0.149. The van der Waals surface area contributed by atoms with Crippen molar-refractivity contribution in [3.63, 3.8) is 0 Å². The van der Waals surface area contributed by atoms with Crippen molar-refractivity contribution in [2.45, 2.75) is 18.5 Å². The van der Waals surface area contributed by atoms with Crippen LogP contribution < -0.4 is 0 Å². The summed E-state index contributed by atoms with van der Waals surface area (Å²) in [5.74, 6) is -0.315. The van der Waals surface area contributed by atoms with Gasteiger partial charge < -0.3 is 9.32 Å². The Balaban J connectivity index is 1.54. The van der Waals surface area contributed by atoms with Crippen LogP contribution in [0, 0.1) is 0 Å². The van der Waals surface area contributed by atoms with E-state index in [9.17, 15) is 18.0 Å². The highest BCUT2D eigenvalue weighted by molar-refractivity contribution is 6.33. The molecule has 3 aromatic heterocycles. The summed E-state index contributed by atoms with van der Waals surface area (Å²) < 4.78 is 47.5. The molecule has 0 spiro atoms. The van der Waals surface area contributed by atoms with E-state index in [-0.39, 0.29) is 22.3 Å². The minimum atomic E-state index is -4.68. The monoisotopic (exact) mass is 459 g/mol. The zero-order valence-electron chi connectivity index (χ0n) is 16.6. The third kappa shape index (κ3) is 3.54. The van der Waals surface area contributed by atoms with Crippen molar-refractivity contribution in [1.29, 1.82) is 0 Å². The first kappa shape index (κ1) is 20.6. The summed E-state index contributed by atoms with van der Waals surface area (Å²) in [5, 5.41) is -0.149. The van der Waals surface area contributed by atoms with Gasteiger partial charge in [-0.1, -0.05) is 41.9 Å². The number of rotatable bonds is 3. The highest BCUT2D eigenvalue weighted by Crippen LogP contribution is 2.37. The van der Waals surface area contributed by atoms with Gasteiger partial charge in [0.1, 0.15) is 5.15 Å². The number of halogens is 4. The van der Waals surface area contributed by atoms with E-state index in [1.54, 1.807) is 11.0 Å². The summed E-state index contributed by atoms with van der Waals surface area (Å²) in [6.45, 7) is 0.939. The van der Waals surface area contributed by atoms with Crippen LogP contribution in [0.3, 0.4) is 0 Å². The van der Waals surface area contributed by atoms with Gasteiger partial charge in [0.25, 0.3) is 5.91 Å². The molecule has 1 amide bonds. The molecule has 1 saturated heterocycles. The predicted molar refractivity (Wildman–Crippen MR) is 113 cm³/mol. The molecule has 0 saturated carbocycles. The molecular weight excluding hydrogens is 443 g/mol. The largest absolute Gasteiger partial charge is 0.472 e. The van der Waals surface area contributed by atoms with E-state index in [1.807, 2.05) is 30.3 Å². The predicted octanol–water partition coefficient (Wildman–Crippen LogP) is 5.90. The van der Waals surface area contributed by atoms with E-state index in [0.29, 0.717) is 18.7 Å². The molecule has 164 valence electrons. The zero-order valence-corrected chi connectivity index (χ0v) is 17.4. The van der Waals surface area contributed by atoms with Crippen LogP contribution in [-0.2, 0) is 6.18 Å². The van der Waals surface area contributed by atoms with Gasteiger partial charge in [-0.15, -0.1) is 0 Å². The lowest BCUT2D eigenvalue weighted by atomic mass is 9.99. The fourth-order valence-corrected chi connectivity index (χ4v) is 4.39. The van der Waals surface area contributed by atoms with E-state index < -0.39 is 23.3 Å². The average Bonchev–Trinajstić information content (AvgIpc) is 3.53. The molecule has 1 fully saturated rings. The highest BCUT2D eigenvalue weighted by atomic mass is 35.5. The summed E-state index contributed by atoms with van der Waals surface area (Å²) in [6.07, 6.45) is 0.222. The topological polar surface area (TPSA) is 50.8 Å². The maximum absolute atomic E-state index is 13.8. The number of aromatic nitrogens is 2. The Morgan fingerprint density at radius 3 is 2.62 bits per heavy atom. The Morgan fingerprint density at radius 1 is 1.16 bits per heavy atom. The van der Waals surface area contributed by atoms with E-state index >= 15 is 0 Å². The molecule has 0 radical (unpaired) electrons. The number of imidazole rings is 1. The number of likely N-dealkylation sites (tertiary alicyclic amines) is 1. The standard InChI is InChI=1S/C23H17ClF3N3O2/c24-20-19(22(31)29-8-6-15(11-29)14-4-2-1-3-5-14)28-21-18(23(25,26)27)10-17(12-30(20)21)16-7-9-32-13-16/h1-5,7,9-10,12-13,15H,6,8,11H2. The number of carbonyl (C=O) groups is 1. The van der Waals surface area contributed by atoms with Crippen LogP contribution in [0.2, 0.25) is 5.15 Å². The lowest BCUT2D eigenvalue weighted by Crippen LogP contribution is -2.29. The van der Waals surface area contributed by atoms with Crippen LogP contribution in [0.5, 0.6) is 0 Å². The normalized spacial score (nSPS) is 16.8. The van der Waals surface area contributed by atoms with Crippen molar-refractivity contribution in [3.8, 4) is 11.1 Å². The van der Waals surface area contributed by atoms with Gasteiger partial charge in [-0.3, -0.25) is 9.20 Å². The summed E-state index contributed by atoms with van der Waals surface area (Å²) in [5.41, 5.74) is 0.267. The first-order valence-corrected chi connectivity index (χ1v) is 10.4. The second-order valence-corrected chi connectivity index (χ2v) is 8.10. The first-order chi connectivity index (χ1) is 15.3. The Hall–Kier alpha value is -3.26. The van der Waals surface area contributed by atoms with Crippen molar-refractivity contribution in [2.75, 3.05) is 13.1 Å². The lowest BCUT2D eigenvalue weighted by Gasteiger charge is -2.15. The number of pyridine rings is 1. The maximum atomic E-state index is 13.8. The molecule has 5 nitrogen and oxygen atoms in total. The van der Waals surface area contributed by atoms with Gasteiger partial charge in [-0.25, -0.2) is 4.98 Å². The second kappa shape index (κ2) is 7.70. The fourth-order valence-electron chi connectivity index (χ4n) is 4.14. The summed E-state index contributed by atoms with van der Waals surface area (Å²) in [6, 6.07) is 12.3. The van der Waals surface area contributed by atoms with Crippen molar-refractivity contribution >= 4 is 23.2 Å². The molecule has 9 heteroatoms. The van der Waals surface area contributed by atoms with Crippen molar-refractivity contribution in [3.05, 3.63) is 83.2 Å². The molecule has 32 heavy (non-hydrogen) atoms. The quantitative estimate of drug-likeness (QED) is 0.383. The van der Waals surface area contributed by atoms with Gasteiger partial charge in [-0.05, 0) is 24.1 Å². The maximum Gasteiger partial charge on any atom is 0.420 e. The van der Waals surface area contributed by atoms with E-state index in [0.717, 1.165) is 22.5 Å². The van der Waals surface area contributed by atoms with Crippen LogP contribution in [0.15, 0.2) is 65.6 Å². The van der Waals surface area contributed by atoms with Gasteiger partial charge in [-0.2, -0.15) is 13.2 Å². The van der Waals surface area contributed by atoms with Crippen molar-refractivity contribution < 1.29 is 22.4 Å². The van der Waals surface area contributed by atoms with E-state index in [4.69, 9.17) is 16.0 Å². The van der Waals surface area contributed by atoms with Crippen LogP contribution in [0.25, 0.3) is 16.8 Å². The van der Waals surface area contributed by atoms with Crippen LogP contribution in [0.1, 0.15) is 34.0 Å². The Kier molecular flexibility index (Phi) is 4.97. The Labute approximate surface area is 186 Å². The zero-order chi connectivity index (χ0) is 22.5. The molecule has 0 aliphatic carbocycles. The SMILES string of the molecule is O=C(c1nc2c(C(F)(F)F)cc(-c3ccoc3)cn2c1Cl)N1CCC(c2ccccc2)C1. The van der Waals surface area contributed by atoms with Crippen molar-refractivity contribution in [1.82, 2.24) is 14.3 Å². The summed E-state index contributed by atoms with van der Waals surface area (Å²) in [4.78, 5) is 18.8. The molecular formula is C23H17ClF3N3O2. The molecule has 1 aliphatic rings. The van der Waals surface area contributed by atoms with E-state index in [2.05, 4.69) is 4.98 Å². The number of benzene rings is 1. The molecule has 0 N–H and O–H groups in total. The average molecular weight is 460 g/mol. The smallest absolute Gasteiger partial charge is 0.420 e. The summed E-state index contributed by atoms with van der Waals surface area (Å²) >= 11 is 6.40. The molecule has 0 bridgehead atoms. The number of hydrogen-bond acceptors (Lipinski definition) is 3. The van der Waals surface area contributed by atoms with Crippen LogP contribution in [0.4, 0.5) is 13.2 Å². The van der Waals surface area contributed by atoms with Crippen LogP contribution in [-0.4, -0.2) is 33.3 Å². The summed E-state index contributed by atoms with van der Waals surface area (Å²) in [7, 11) is 0. The van der Waals surface area contributed by atoms with Gasteiger partial charge in [0.15, 0.2) is 11.3 Å². The molecule has 4 heterocycles. The second-order valence-electron chi connectivity index (χ2n) is 7.74. The number of carbonyl (C=O) groups excluding carboxylic acids is 1. The third-order valence-corrected chi connectivity index (χ3v) is 6.13. The van der Waals surface area contributed by atoms with Gasteiger partial charge in [0.2, 0.25) is 0 Å². The van der Waals surface area contributed by atoms with Crippen LogP contribution >= 0.6 is 11.6 Å². The number of hydrogen-bond donors (Lipinski definition) is 0. The Morgan fingerprint density at radius 2 is 1.94 bits per heavy atom. The number of furan rings is 1. The minimum Gasteiger partial charge on any atom is -0.472 e. The van der Waals surface area contributed by atoms with Gasteiger partial charge in [0.05, 0.1) is 18.1 Å². The first-order valence-electron chi connectivity index (χ1n) is 9.98. The lowest BCUT2D eigenvalue weighted by molar-refractivity contribution is -0.136. The molecule has 1 aromatic carbocycles. The molecule has 1 unspecified atom stereocenters. The van der Waals surface area contributed by atoms with Gasteiger partial charge >= 0.3 is 6.18 Å². The number of amides is 1. The van der Waals surface area contributed by atoms with Crippen molar-refractivity contribution in [2.24, 2.45) is 0 Å².